The summed E-state index contributed by atoms with van der Waals surface area (Å²) in [5, 5.41) is 9.76. The molecule has 1 N–H and O–H groups in total. The number of nitrogens with zero attached hydrogens (tertiary/aromatic N) is 2. The summed E-state index contributed by atoms with van der Waals surface area (Å²) in [7, 11) is 2.72. The van der Waals surface area contributed by atoms with Gasteiger partial charge in [0.2, 0.25) is 0 Å². The second-order valence-corrected chi connectivity index (χ2v) is 5.42. The van der Waals surface area contributed by atoms with Crippen LogP contribution in [0.1, 0.15) is 16.1 Å². The molecule has 0 spiro atoms. The molecule has 5 nitrogen and oxygen atoms in total. The fourth-order valence-corrected chi connectivity index (χ4v) is 2.24. The maximum Gasteiger partial charge on any atom is 0.416 e. The van der Waals surface area contributed by atoms with Gasteiger partial charge in [-0.3, -0.25) is 9.78 Å². The lowest BCUT2D eigenvalue weighted by atomic mass is 10.1. The van der Waals surface area contributed by atoms with E-state index in [0.717, 1.165) is 4.90 Å². The first kappa shape index (κ1) is 18.0. The molecule has 0 bridgehead atoms. The van der Waals surface area contributed by atoms with Crippen molar-refractivity contribution in [2.24, 2.45) is 0 Å². The summed E-state index contributed by atoms with van der Waals surface area (Å²) >= 11 is 0. The molecule has 0 aliphatic heterocycles. The average Bonchev–Trinajstić information content (AvgIpc) is 2.51. The first-order chi connectivity index (χ1) is 11.1. The number of ether oxygens (including phenoxy) is 1. The smallest absolute Gasteiger partial charge is 0.416 e. The number of carbonyl (C=O) groups excluding carboxylic acids is 1. The van der Waals surface area contributed by atoms with E-state index in [0.29, 0.717) is 22.3 Å². The first-order valence-corrected chi connectivity index (χ1v) is 7.09. The van der Waals surface area contributed by atoms with E-state index in [2.05, 4.69) is 4.98 Å². The monoisotopic (exact) mass is 342 g/mol. The lowest BCUT2D eigenvalue weighted by Gasteiger charge is -2.23. The molecule has 130 valence electrons. The van der Waals surface area contributed by atoms with Crippen molar-refractivity contribution in [3.05, 3.63) is 35.5 Å². The summed E-state index contributed by atoms with van der Waals surface area (Å²) in [6.07, 6.45) is -7.37. The Hall–Kier alpha value is -2.35. The molecule has 1 aromatic heterocycles. The molecule has 0 saturated heterocycles. The zero-order valence-corrected chi connectivity index (χ0v) is 13.4. The summed E-state index contributed by atoms with van der Waals surface area (Å²) in [5.41, 5.74) is 1.18. The fraction of sp³-hybridized carbons (Fsp3) is 0.375. The van der Waals surface area contributed by atoms with Crippen molar-refractivity contribution in [3.63, 3.8) is 0 Å². The zero-order chi connectivity index (χ0) is 18.1. The van der Waals surface area contributed by atoms with Gasteiger partial charge < -0.3 is 14.7 Å². The van der Waals surface area contributed by atoms with E-state index >= 15 is 0 Å². The molecule has 1 unspecified atom stereocenters. The molecule has 0 fully saturated rings. The summed E-state index contributed by atoms with van der Waals surface area (Å²) in [6, 6.07) is 6.68. The van der Waals surface area contributed by atoms with Crippen LogP contribution in [-0.2, 0) is 0 Å². The molecule has 0 radical (unpaired) electrons. The Morgan fingerprint density at radius 2 is 2.04 bits per heavy atom. The van der Waals surface area contributed by atoms with Crippen LogP contribution in [0, 0.1) is 6.92 Å². The second kappa shape index (κ2) is 6.64. The highest BCUT2D eigenvalue weighted by Crippen LogP contribution is 2.24. The lowest BCUT2D eigenvalue weighted by Crippen LogP contribution is -2.42. The van der Waals surface area contributed by atoms with Crippen LogP contribution in [0.25, 0.3) is 10.9 Å². The Morgan fingerprint density at radius 3 is 2.62 bits per heavy atom. The first-order valence-electron chi connectivity index (χ1n) is 7.09. The van der Waals surface area contributed by atoms with Crippen LogP contribution in [-0.4, -0.2) is 53.9 Å². The molecule has 8 heteroatoms. The number of alkyl halides is 3. The fourth-order valence-electron chi connectivity index (χ4n) is 2.24. The topological polar surface area (TPSA) is 62.7 Å². The van der Waals surface area contributed by atoms with Crippen molar-refractivity contribution in [3.8, 4) is 5.75 Å². The molecule has 24 heavy (non-hydrogen) atoms. The number of methoxy groups -OCH3 is 1. The zero-order valence-electron chi connectivity index (χ0n) is 13.4. The van der Waals surface area contributed by atoms with Crippen LogP contribution in [0.4, 0.5) is 13.2 Å². The molecule has 1 heterocycles. The molecule has 0 aliphatic carbocycles. The number of likely N-dealkylation sites (N-methyl/N-ethyl adjacent to an activating group) is 1. The number of benzene rings is 1. The molecule has 0 aliphatic rings. The molecule has 2 aromatic rings. The number of aryl methyl sites for hydroxylation is 1. The number of hydrogen-bond acceptors (Lipinski definition) is 4. The Morgan fingerprint density at radius 1 is 1.38 bits per heavy atom. The molecule has 2 rings (SSSR count). The van der Waals surface area contributed by atoms with Crippen molar-refractivity contribution in [1.29, 1.82) is 0 Å². The molecule has 1 amide bonds. The van der Waals surface area contributed by atoms with Gasteiger partial charge in [-0.05, 0) is 25.1 Å². The summed E-state index contributed by atoms with van der Waals surface area (Å²) < 4.78 is 42.4. The van der Waals surface area contributed by atoms with Crippen LogP contribution in [0.2, 0.25) is 0 Å². The van der Waals surface area contributed by atoms with Gasteiger partial charge in [0, 0.05) is 18.5 Å². The second-order valence-electron chi connectivity index (χ2n) is 5.42. The van der Waals surface area contributed by atoms with Crippen LogP contribution in [0.15, 0.2) is 24.3 Å². The van der Waals surface area contributed by atoms with Crippen LogP contribution >= 0.6 is 0 Å². The number of carbonyl (C=O) groups is 1. The maximum atomic E-state index is 12.4. The van der Waals surface area contributed by atoms with E-state index in [1.165, 1.54) is 14.2 Å². The quantitative estimate of drug-likeness (QED) is 0.928. The SMILES string of the molecule is COc1ccc2cc(C(=O)N(C)CC(O)C(F)(F)F)c(C)nc2c1. The minimum Gasteiger partial charge on any atom is -0.497 e. The molecular weight excluding hydrogens is 325 g/mol. The molecular formula is C16H17F3N2O3. The van der Waals surface area contributed by atoms with E-state index in [1.807, 2.05) is 0 Å². The number of halogens is 3. The standard InChI is InChI=1S/C16H17F3N2O3/c1-9-12(15(23)21(2)8-14(22)16(17,18)19)6-10-4-5-11(24-3)7-13(10)20-9/h4-7,14,22H,8H2,1-3H3. The Kier molecular flexibility index (Phi) is 4.98. The van der Waals surface area contributed by atoms with Gasteiger partial charge in [-0.2, -0.15) is 13.2 Å². The maximum absolute atomic E-state index is 12.4. The number of aliphatic hydroxyl groups excluding tert-OH is 1. The number of fused-ring (bicyclic) bond motifs is 1. The number of aliphatic hydroxyl groups is 1. The number of hydrogen-bond donors (Lipinski definition) is 1. The predicted octanol–water partition coefficient (Wildman–Crippen LogP) is 2.55. The van der Waals surface area contributed by atoms with Gasteiger partial charge in [-0.15, -0.1) is 0 Å². The highest BCUT2D eigenvalue weighted by atomic mass is 19.4. The minimum absolute atomic E-state index is 0.185. The van der Waals surface area contributed by atoms with E-state index in [-0.39, 0.29) is 5.56 Å². The van der Waals surface area contributed by atoms with E-state index in [9.17, 15) is 18.0 Å². The molecule has 1 aromatic carbocycles. The predicted molar refractivity (Wildman–Crippen MR) is 82.1 cm³/mol. The van der Waals surface area contributed by atoms with Gasteiger partial charge in [-0.1, -0.05) is 0 Å². The van der Waals surface area contributed by atoms with Gasteiger partial charge in [0.15, 0.2) is 6.10 Å². The number of pyridine rings is 1. The number of aromatic nitrogens is 1. The van der Waals surface area contributed by atoms with Crippen molar-refractivity contribution in [1.82, 2.24) is 9.88 Å². The van der Waals surface area contributed by atoms with E-state index in [4.69, 9.17) is 9.84 Å². The van der Waals surface area contributed by atoms with Gasteiger partial charge >= 0.3 is 6.18 Å². The largest absolute Gasteiger partial charge is 0.497 e. The minimum atomic E-state index is -4.78. The van der Waals surface area contributed by atoms with Crippen LogP contribution in [0.3, 0.4) is 0 Å². The summed E-state index contributed by atoms with van der Waals surface area (Å²) in [5.74, 6) is -0.0279. The van der Waals surface area contributed by atoms with Gasteiger partial charge in [-0.25, -0.2) is 0 Å². The van der Waals surface area contributed by atoms with Crippen LogP contribution in [0.5, 0.6) is 5.75 Å². The summed E-state index contributed by atoms with van der Waals surface area (Å²) in [6.45, 7) is 0.753. The van der Waals surface area contributed by atoms with Crippen molar-refractivity contribution < 1.29 is 27.8 Å². The van der Waals surface area contributed by atoms with Gasteiger partial charge in [0.1, 0.15) is 5.75 Å². The Bertz CT molecular complexity index is 762. The molecule has 1 atom stereocenters. The highest BCUT2D eigenvalue weighted by molar-refractivity contribution is 5.98. The third kappa shape index (κ3) is 3.76. The van der Waals surface area contributed by atoms with Gasteiger partial charge in [0.05, 0.1) is 30.4 Å². The van der Waals surface area contributed by atoms with E-state index in [1.54, 1.807) is 31.2 Å². The van der Waals surface area contributed by atoms with Crippen molar-refractivity contribution >= 4 is 16.8 Å². The highest BCUT2D eigenvalue weighted by Gasteiger charge is 2.39. The Labute approximate surface area is 136 Å². The number of rotatable bonds is 4. The van der Waals surface area contributed by atoms with Crippen molar-refractivity contribution in [2.45, 2.75) is 19.2 Å². The molecule has 0 saturated carbocycles. The van der Waals surface area contributed by atoms with Gasteiger partial charge in [0.25, 0.3) is 5.91 Å². The third-order valence-corrected chi connectivity index (χ3v) is 3.62. The number of amides is 1. The van der Waals surface area contributed by atoms with E-state index < -0.39 is 24.7 Å². The Balaban J connectivity index is 2.30. The lowest BCUT2D eigenvalue weighted by molar-refractivity contribution is -0.205. The average molecular weight is 342 g/mol. The third-order valence-electron chi connectivity index (χ3n) is 3.62. The normalized spacial score (nSPS) is 13.0. The van der Waals surface area contributed by atoms with Crippen LogP contribution < -0.4 is 4.74 Å². The van der Waals surface area contributed by atoms with Crippen molar-refractivity contribution in [2.75, 3.05) is 20.7 Å². The summed E-state index contributed by atoms with van der Waals surface area (Å²) in [4.78, 5) is 17.5.